The van der Waals surface area contributed by atoms with Gasteiger partial charge >= 0.3 is 6.03 Å². The van der Waals surface area contributed by atoms with Crippen LogP contribution in [-0.4, -0.2) is 61.0 Å². The van der Waals surface area contributed by atoms with E-state index < -0.39 is 0 Å². The van der Waals surface area contributed by atoms with Gasteiger partial charge in [0.2, 0.25) is 5.91 Å². The van der Waals surface area contributed by atoms with Crippen molar-refractivity contribution in [2.45, 2.75) is 44.2 Å². The van der Waals surface area contributed by atoms with Gasteiger partial charge in [-0.25, -0.2) is 4.79 Å². The SMILES string of the molecule is Cc1cccc(C(CNC(=O)N2CCC3(CCC(=O)N3)CC2)N(C)C)c1. The number of rotatable bonds is 4. The number of likely N-dealkylation sites (N-methyl/N-ethyl adjacent to an activating group) is 1. The van der Waals surface area contributed by atoms with Gasteiger partial charge in [-0.05, 0) is 45.8 Å². The van der Waals surface area contributed by atoms with Gasteiger partial charge in [-0.2, -0.15) is 0 Å². The minimum Gasteiger partial charge on any atom is -0.351 e. The molecule has 2 fully saturated rings. The fourth-order valence-corrected chi connectivity index (χ4v) is 4.06. The Kier molecular flexibility index (Phi) is 5.51. The molecule has 6 heteroatoms. The molecule has 6 nitrogen and oxygen atoms in total. The maximum atomic E-state index is 12.6. The van der Waals surface area contributed by atoms with Crippen molar-refractivity contribution in [1.29, 1.82) is 0 Å². The summed E-state index contributed by atoms with van der Waals surface area (Å²) in [6.45, 7) is 4.06. The summed E-state index contributed by atoms with van der Waals surface area (Å²) in [5.41, 5.74) is 2.36. The lowest BCUT2D eigenvalue weighted by Gasteiger charge is -2.39. The highest BCUT2D eigenvalue weighted by molar-refractivity contribution is 5.79. The van der Waals surface area contributed by atoms with Gasteiger partial charge in [-0.1, -0.05) is 29.8 Å². The van der Waals surface area contributed by atoms with Crippen molar-refractivity contribution in [1.82, 2.24) is 20.4 Å². The van der Waals surface area contributed by atoms with Crippen LogP contribution in [0.4, 0.5) is 4.79 Å². The average molecular weight is 358 g/mol. The van der Waals surface area contributed by atoms with Gasteiger partial charge in [-0.15, -0.1) is 0 Å². The van der Waals surface area contributed by atoms with Crippen molar-refractivity contribution in [3.8, 4) is 0 Å². The second kappa shape index (κ2) is 7.66. The highest BCUT2D eigenvalue weighted by atomic mass is 16.2. The van der Waals surface area contributed by atoms with Crippen LogP contribution in [0.15, 0.2) is 24.3 Å². The number of carbonyl (C=O) groups is 2. The number of aryl methyl sites for hydroxylation is 1. The summed E-state index contributed by atoms with van der Waals surface area (Å²) in [6.07, 6.45) is 3.22. The van der Waals surface area contributed by atoms with Crippen molar-refractivity contribution in [2.24, 2.45) is 0 Å². The molecule has 3 rings (SSSR count). The van der Waals surface area contributed by atoms with Crippen LogP contribution in [-0.2, 0) is 4.79 Å². The third-order valence-electron chi connectivity index (χ3n) is 5.74. The fraction of sp³-hybridized carbons (Fsp3) is 0.600. The number of urea groups is 1. The molecule has 2 N–H and O–H groups in total. The molecule has 2 aliphatic heterocycles. The Morgan fingerprint density at radius 3 is 2.62 bits per heavy atom. The van der Waals surface area contributed by atoms with Crippen molar-refractivity contribution in [3.63, 3.8) is 0 Å². The maximum Gasteiger partial charge on any atom is 0.317 e. The Morgan fingerprint density at radius 1 is 1.31 bits per heavy atom. The second-order valence-electron chi connectivity index (χ2n) is 7.90. The molecule has 0 radical (unpaired) electrons. The molecule has 0 bridgehead atoms. The molecule has 1 atom stereocenters. The zero-order chi connectivity index (χ0) is 18.7. The van der Waals surface area contributed by atoms with E-state index in [2.05, 4.69) is 46.7 Å². The van der Waals surface area contributed by atoms with E-state index in [-0.39, 0.29) is 23.5 Å². The zero-order valence-corrected chi connectivity index (χ0v) is 16.0. The number of nitrogens with zero attached hydrogens (tertiary/aromatic N) is 2. The molecule has 3 amide bonds. The number of carbonyl (C=O) groups excluding carboxylic acids is 2. The number of likely N-dealkylation sites (tertiary alicyclic amines) is 1. The van der Waals surface area contributed by atoms with Crippen LogP contribution < -0.4 is 10.6 Å². The van der Waals surface area contributed by atoms with Crippen LogP contribution in [0.5, 0.6) is 0 Å². The van der Waals surface area contributed by atoms with E-state index in [1.165, 1.54) is 11.1 Å². The molecule has 2 heterocycles. The van der Waals surface area contributed by atoms with E-state index in [0.717, 1.165) is 19.3 Å². The molecule has 2 saturated heterocycles. The van der Waals surface area contributed by atoms with Gasteiger partial charge in [-0.3, -0.25) is 4.79 Å². The first-order valence-electron chi connectivity index (χ1n) is 9.45. The molecule has 0 aromatic heterocycles. The van der Waals surface area contributed by atoms with Gasteiger partial charge in [0, 0.05) is 31.6 Å². The van der Waals surface area contributed by atoms with E-state index in [1.54, 1.807) is 0 Å². The predicted octanol–water partition coefficient (Wildman–Crippen LogP) is 2.05. The topological polar surface area (TPSA) is 64.7 Å². The third kappa shape index (κ3) is 4.18. The number of hydrogen-bond donors (Lipinski definition) is 2. The number of hydrogen-bond acceptors (Lipinski definition) is 3. The van der Waals surface area contributed by atoms with Crippen LogP contribution in [0.2, 0.25) is 0 Å². The predicted molar refractivity (Wildman–Crippen MR) is 102 cm³/mol. The lowest BCUT2D eigenvalue weighted by molar-refractivity contribution is -0.120. The molecule has 1 aromatic rings. The summed E-state index contributed by atoms with van der Waals surface area (Å²) in [5.74, 6) is 0.148. The first-order valence-corrected chi connectivity index (χ1v) is 9.45. The first-order chi connectivity index (χ1) is 12.4. The van der Waals surface area contributed by atoms with Gasteiger partial charge in [0.1, 0.15) is 0 Å². The minimum atomic E-state index is -0.0679. The van der Waals surface area contributed by atoms with Gasteiger partial charge in [0.15, 0.2) is 0 Å². The standard InChI is InChI=1S/C20H30N4O2/c1-15-5-4-6-16(13-15)17(23(2)3)14-21-19(26)24-11-9-20(10-12-24)8-7-18(25)22-20/h4-6,13,17H,7-12,14H2,1-3H3,(H,21,26)(H,22,25). The van der Waals surface area contributed by atoms with Gasteiger partial charge < -0.3 is 20.4 Å². The van der Waals surface area contributed by atoms with Crippen LogP contribution in [0.25, 0.3) is 0 Å². The molecule has 142 valence electrons. The maximum absolute atomic E-state index is 12.6. The van der Waals surface area contributed by atoms with Crippen molar-refractivity contribution >= 4 is 11.9 Å². The monoisotopic (exact) mass is 358 g/mol. The molecule has 0 aliphatic carbocycles. The van der Waals surface area contributed by atoms with Crippen LogP contribution in [0.3, 0.4) is 0 Å². The van der Waals surface area contributed by atoms with E-state index in [4.69, 9.17) is 0 Å². The minimum absolute atomic E-state index is 0.0105. The Hall–Kier alpha value is -2.08. The van der Waals surface area contributed by atoms with Gasteiger partial charge in [0.05, 0.1) is 6.04 Å². The quantitative estimate of drug-likeness (QED) is 0.866. The van der Waals surface area contributed by atoms with Crippen LogP contribution in [0.1, 0.15) is 42.9 Å². The van der Waals surface area contributed by atoms with E-state index in [9.17, 15) is 9.59 Å². The second-order valence-corrected chi connectivity index (χ2v) is 7.90. The lowest BCUT2D eigenvalue weighted by Crippen LogP contribution is -2.54. The van der Waals surface area contributed by atoms with E-state index >= 15 is 0 Å². The number of benzene rings is 1. The third-order valence-corrected chi connectivity index (χ3v) is 5.74. The van der Waals surface area contributed by atoms with Crippen LogP contribution in [0, 0.1) is 6.92 Å². The van der Waals surface area contributed by atoms with E-state index in [0.29, 0.717) is 26.1 Å². The molecule has 26 heavy (non-hydrogen) atoms. The Labute approximate surface area is 155 Å². The summed E-state index contributed by atoms with van der Waals surface area (Å²) in [7, 11) is 4.07. The largest absolute Gasteiger partial charge is 0.351 e. The van der Waals surface area contributed by atoms with E-state index in [1.807, 2.05) is 19.0 Å². The van der Waals surface area contributed by atoms with Crippen molar-refractivity contribution in [2.75, 3.05) is 33.7 Å². The molecule has 1 aromatic carbocycles. The Morgan fingerprint density at radius 2 is 2.04 bits per heavy atom. The summed E-state index contributed by atoms with van der Waals surface area (Å²) >= 11 is 0. The Bertz CT molecular complexity index is 666. The molecule has 1 unspecified atom stereocenters. The first kappa shape index (κ1) is 18.7. The Balaban J connectivity index is 1.54. The number of nitrogens with one attached hydrogen (secondary N) is 2. The van der Waals surface area contributed by atoms with Crippen LogP contribution >= 0.6 is 0 Å². The normalized spacial score (nSPS) is 20.3. The molecular weight excluding hydrogens is 328 g/mol. The zero-order valence-electron chi connectivity index (χ0n) is 16.0. The smallest absolute Gasteiger partial charge is 0.317 e. The molecular formula is C20H30N4O2. The molecule has 1 spiro atoms. The highest BCUT2D eigenvalue weighted by Gasteiger charge is 2.41. The summed E-state index contributed by atoms with van der Waals surface area (Å²) < 4.78 is 0. The van der Waals surface area contributed by atoms with Crippen molar-refractivity contribution < 1.29 is 9.59 Å². The average Bonchev–Trinajstić information content (AvgIpc) is 2.95. The molecule has 0 saturated carbocycles. The summed E-state index contributed by atoms with van der Waals surface area (Å²) in [4.78, 5) is 28.1. The highest BCUT2D eigenvalue weighted by Crippen LogP contribution is 2.31. The van der Waals surface area contributed by atoms with Crippen molar-refractivity contribution in [3.05, 3.63) is 35.4 Å². The number of piperidine rings is 1. The summed E-state index contributed by atoms with van der Waals surface area (Å²) in [5, 5.41) is 6.21. The fourth-order valence-electron chi connectivity index (χ4n) is 4.06. The lowest BCUT2D eigenvalue weighted by atomic mass is 9.86. The molecule has 2 aliphatic rings. The number of amides is 3. The van der Waals surface area contributed by atoms with Gasteiger partial charge in [0.25, 0.3) is 0 Å². The summed E-state index contributed by atoms with van der Waals surface area (Å²) in [6, 6.07) is 8.55.